The van der Waals surface area contributed by atoms with Gasteiger partial charge in [-0.25, -0.2) is 4.79 Å². The molecule has 1 aromatic heterocycles. The van der Waals surface area contributed by atoms with E-state index in [1.165, 1.54) is 6.26 Å². The topological polar surface area (TPSA) is 91.6 Å². The van der Waals surface area contributed by atoms with Crippen molar-refractivity contribution in [2.75, 3.05) is 0 Å². The predicted octanol–water partition coefficient (Wildman–Crippen LogP) is 0.980. The number of aromatic carboxylic acids is 1. The third kappa shape index (κ3) is 3.89. The highest BCUT2D eigenvalue weighted by molar-refractivity contribution is 5.86. The van der Waals surface area contributed by atoms with E-state index in [1.54, 1.807) is 13.0 Å². The molecule has 0 fully saturated rings. The minimum Gasteiger partial charge on any atom is -0.475 e. The molecule has 0 aliphatic rings. The van der Waals surface area contributed by atoms with Crippen LogP contribution in [0.4, 0.5) is 0 Å². The highest BCUT2D eigenvalue weighted by Gasteiger charge is 2.17. The molecule has 1 heterocycles. The molecule has 3 N–H and O–H groups in total. The van der Waals surface area contributed by atoms with Crippen molar-refractivity contribution in [3.8, 4) is 0 Å². The lowest BCUT2D eigenvalue weighted by Crippen LogP contribution is -2.44. The van der Waals surface area contributed by atoms with Crippen molar-refractivity contribution in [1.29, 1.82) is 0 Å². The van der Waals surface area contributed by atoms with Crippen LogP contribution in [0.25, 0.3) is 0 Å². The van der Waals surface area contributed by atoms with E-state index in [2.05, 4.69) is 10.6 Å². The smallest absolute Gasteiger partial charge is 0.372 e. The molecule has 0 aromatic carbocycles. The monoisotopic (exact) mass is 254 g/mol. The first-order valence-electron chi connectivity index (χ1n) is 5.75. The van der Waals surface area contributed by atoms with Crippen LogP contribution < -0.4 is 10.6 Å². The molecule has 0 aliphatic heterocycles. The number of carboxylic acid groups (broad SMARTS) is 1. The molecule has 6 nitrogen and oxygen atoms in total. The molecule has 18 heavy (non-hydrogen) atoms. The summed E-state index contributed by atoms with van der Waals surface area (Å²) in [5, 5.41) is 14.6. The van der Waals surface area contributed by atoms with Gasteiger partial charge in [0.2, 0.25) is 11.7 Å². The summed E-state index contributed by atoms with van der Waals surface area (Å²) in [6, 6.07) is 1.25. The molecule has 0 radical (unpaired) electrons. The minimum absolute atomic E-state index is 0.0743. The Morgan fingerprint density at radius 3 is 2.61 bits per heavy atom. The van der Waals surface area contributed by atoms with Crippen molar-refractivity contribution >= 4 is 11.9 Å². The fourth-order valence-corrected chi connectivity index (χ4v) is 1.43. The highest BCUT2D eigenvalue weighted by atomic mass is 16.4. The molecular weight excluding hydrogens is 236 g/mol. The molecule has 1 atom stereocenters. The van der Waals surface area contributed by atoms with Gasteiger partial charge >= 0.3 is 5.97 Å². The first-order valence-corrected chi connectivity index (χ1v) is 5.75. The third-order valence-corrected chi connectivity index (χ3v) is 2.36. The fourth-order valence-electron chi connectivity index (χ4n) is 1.43. The van der Waals surface area contributed by atoms with Gasteiger partial charge in [-0.05, 0) is 26.8 Å². The Kier molecular flexibility index (Phi) is 4.91. The molecule has 1 amide bonds. The molecule has 1 aromatic rings. The summed E-state index contributed by atoms with van der Waals surface area (Å²) < 4.78 is 4.84. The first-order chi connectivity index (χ1) is 8.41. The Balaban J connectivity index is 2.52. The number of carbonyl (C=O) groups is 2. The molecule has 0 bridgehead atoms. The second kappa shape index (κ2) is 6.20. The lowest BCUT2D eigenvalue weighted by Gasteiger charge is -2.15. The zero-order valence-corrected chi connectivity index (χ0v) is 10.7. The molecule has 1 rings (SSSR count). The maximum atomic E-state index is 11.6. The van der Waals surface area contributed by atoms with Crippen LogP contribution in [0.15, 0.2) is 16.7 Å². The summed E-state index contributed by atoms with van der Waals surface area (Å²) in [7, 11) is 0. The van der Waals surface area contributed by atoms with E-state index >= 15 is 0 Å². The van der Waals surface area contributed by atoms with Crippen LogP contribution in [0.5, 0.6) is 0 Å². The Labute approximate surface area is 105 Å². The lowest BCUT2D eigenvalue weighted by molar-refractivity contribution is -0.123. The van der Waals surface area contributed by atoms with Crippen molar-refractivity contribution in [1.82, 2.24) is 10.6 Å². The van der Waals surface area contributed by atoms with E-state index < -0.39 is 12.0 Å². The Morgan fingerprint density at radius 1 is 1.39 bits per heavy atom. The van der Waals surface area contributed by atoms with Crippen LogP contribution in [0.3, 0.4) is 0 Å². The van der Waals surface area contributed by atoms with Gasteiger partial charge in [0.15, 0.2) is 0 Å². The summed E-state index contributed by atoms with van der Waals surface area (Å²) in [6.07, 6.45) is 1.32. The Hall–Kier alpha value is -1.82. The average molecular weight is 254 g/mol. The van der Waals surface area contributed by atoms with E-state index in [9.17, 15) is 9.59 Å². The number of nitrogens with one attached hydrogen (secondary N) is 2. The number of furan rings is 1. The summed E-state index contributed by atoms with van der Waals surface area (Å²) in [6.45, 7) is 5.75. The van der Waals surface area contributed by atoms with Crippen molar-refractivity contribution in [2.45, 2.75) is 39.4 Å². The molecule has 6 heteroatoms. The van der Waals surface area contributed by atoms with Gasteiger partial charge in [0.05, 0.1) is 12.3 Å². The summed E-state index contributed by atoms with van der Waals surface area (Å²) in [5.41, 5.74) is 0.520. The number of carbonyl (C=O) groups excluding carboxylic acids is 1. The van der Waals surface area contributed by atoms with Crippen molar-refractivity contribution in [2.24, 2.45) is 0 Å². The van der Waals surface area contributed by atoms with Gasteiger partial charge in [0.1, 0.15) is 0 Å². The van der Waals surface area contributed by atoms with Crippen LogP contribution in [0, 0.1) is 0 Å². The summed E-state index contributed by atoms with van der Waals surface area (Å²) >= 11 is 0. The third-order valence-electron chi connectivity index (χ3n) is 2.36. The quantitative estimate of drug-likeness (QED) is 0.704. The predicted molar refractivity (Wildman–Crippen MR) is 65.2 cm³/mol. The van der Waals surface area contributed by atoms with Crippen LogP contribution in [-0.4, -0.2) is 29.1 Å². The summed E-state index contributed by atoms with van der Waals surface area (Å²) in [4.78, 5) is 22.4. The number of carboxylic acids is 1. The van der Waals surface area contributed by atoms with Gasteiger partial charge in [-0.1, -0.05) is 0 Å². The molecular formula is C12H18N2O4. The van der Waals surface area contributed by atoms with Crippen LogP contribution in [0.1, 0.15) is 36.9 Å². The van der Waals surface area contributed by atoms with Gasteiger partial charge in [-0.2, -0.15) is 0 Å². The van der Waals surface area contributed by atoms with Gasteiger partial charge in [0, 0.05) is 18.2 Å². The zero-order chi connectivity index (χ0) is 13.7. The van der Waals surface area contributed by atoms with Crippen molar-refractivity contribution < 1.29 is 19.1 Å². The zero-order valence-electron chi connectivity index (χ0n) is 10.7. The van der Waals surface area contributed by atoms with Gasteiger partial charge in [-0.3, -0.25) is 4.79 Å². The van der Waals surface area contributed by atoms with Crippen molar-refractivity contribution in [3.63, 3.8) is 0 Å². The van der Waals surface area contributed by atoms with E-state index in [4.69, 9.17) is 9.52 Å². The van der Waals surface area contributed by atoms with Crippen molar-refractivity contribution in [3.05, 3.63) is 23.7 Å². The van der Waals surface area contributed by atoms with E-state index in [0.717, 1.165) is 0 Å². The molecule has 100 valence electrons. The number of hydrogen-bond acceptors (Lipinski definition) is 4. The lowest BCUT2D eigenvalue weighted by atomic mass is 10.2. The molecule has 0 saturated heterocycles. The second-order valence-corrected chi connectivity index (χ2v) is 4.35. The molecule has 1 unspecified atom stereocenters. The Morgan fingerprint density at radius 2 is 2.06 bits per heavy atom. The second-order valence-electron chi connectivity index (χ2n) is 4.35. The normalized spacial score (nSPS) is 12.4. The largest absolute Gasteiger partial charge is 0.475 e. The van der Waals surface area contributed by atoms with Gasteiger partial charge in [-0.15, -0.1) is 0 Å². The fraction of sp³-hybridized carbons (Fsp3) is 0.500. The standard InChI is InChI=1S/C12H18N2O4/c1-7(2)14-11(15)8(3)13-6-9-4-5-18-10(9)12(16)17/h4-5,7-8,13H,6H2,1-3H3,(H,14,15)(H,16,17). The maximum absolute atomic E-state index is 11.6. The summed E-state index contributed by atoms with van der Waals surface area (Å²) in [5.74, 6) is -1.33. The SMILES string of the molecule is CC(C)NC(=O)C(C)NCc1ccoc1C(=O)O. The van der Waals surface area contributed by atoms with E-state index in [0.29, 0.717) is 5.56 Å². The average Bonchev–Trinajstić information content (AvgIpc) is 2.72. The van der Waals surface area contributed by atoms with E-state index in [-0.39, 0.29) is 24.3 Å². The number of rotatable bonds is 6. The molecule has 0 spiro atoms. The first kappa shape index (κ1) is 14.2. The van der Waals surface area contributed by atoms with Crippen LogP contribution in [-0.2, 0) is 11.3 Å². The minimum atomic E-state index is -1.11. The van der Waals surface area contributed by atoms with Crippen LogP contribution >= 0.6 is 0 Å². The highest BCUT2D eigenvalue weighted by Crippen LogP contribution is 2.10. The molecule has 0 saturated carbocycles. The van der Waals surface area contributed by atoms with Gasteiger partial charge in [0.25, 0.3) is 0 Å². The van der Waals surface area contributed by atoms with E-state index in [1.807, 2.05) is 13.8 Å². The van der Waals surface area contributed by atoms with Crippen LogP contribution in [0.2, 0.25) is 0 Å². The van der Waals surface area contributed by atoms with Gasteiger partial charge < -0.3 is 20.2 Å². The maximum Gasteiger partial charge on any atom is 0.372 e. The Bertz CT molecular complexity index is 425. The number of amides is 1. The number of hydrogen-bond donors (Lipinski definition) is 3. The molecule has 0 aliphatic carbocycles.